The average Bonchev–Trinajstić information content (AvgIpc) is 2.27. The Hall–Kier alpha value is -0.770. The number of amides is 2. The van der Waals surface area contributed by atoms with Crippen molar-refractivity contribution < 1.29 is 4.79 Å². The molecule has 0 N–H and O–H groups in total. The monoisotopic (exact) mass is 213 g/mol. The molecular weight excluding hydrogens is 190 g/mol. The molecule has 0 atom stereocenters. The second kappa shape index (κ2) is 5.35. The lowest BCUT2D eigenvalue weighted by atomic mass is 10.2. The Morgan fingerprint density at radius 1 is 1.40 bits per heavy atom. The second-order valence-electron chi connectivity index (χ2n) is 4.46. The van der Waals surface area contributed by atoms with Crippen LogP contribution in [0.3, 0.4) is 0 Å². The molecule has 2 amide bonds. The standard InChI is InChI=1S/C11H23N3O/c1-5-12(4)11(15)14-8-6-7-13(9-14)10(2)3/h10H,5-9H2,1-4H3. The van der Waals surface area contributed by atoms with Gasteiger partial charge in [0.15, 0.2) is 0 Å². The van der Waals surface area contributed by atoms with Gasteiger partial charge >= 0.3 is 6.03 Å². The third kappa shape index (κ3) is 3.09. The fourth-order valence-corrected chi connectivity index (χ4v) is 1.78. The molecular formula is C11H23N3O. The molecule has 0 bridgehead atoms. The lowest BCUT2D eigenvalue weighted by molar-refractivity contribution is 0.0695. The van der Waals surface area contributed by atoms with E-state index < -0.39 is 0 Å². The molecule has 1 saturated heterocycles. The summed E-state index contributed by atoms with van der Waals surface area (Å²) in [6, 6.07) is 0.676. The van der Waals surface area contributed by atoms with E-state index in [1.807, 2.05) is 18.9 Å². The van der Waals surface area contributed by atoms with E-state index in [-0.39, 0.29) is 6.03 Å². The van der Waals surface area contributed by atoms with Gasteiger partial charge in [-0.05, 0) is 27.2 Å². The molecule has 4 heteroatoms. The van der Waals surface area contributed by atoms with Crippen LogP contribution in [-0.2, 0) is 0 Å². The Kier molecular flexibility index (Phi) is 4.39. The van der Waals surface area contributed by atoms with Crippen LogP contribution in [0.25, 0.3) is 0 Å². The average molecular weight is 213 g/mol. The summed E-state index contributed by atoms with van der Waals surface area (Å²) in [5.41, 5.74) is 0. The minimum absolute atomic E-state index is 0.155. The van der Waals surface area contributed by atoms with Crippen LogP contribution in [0.4, 0.5) is 4.79 Å². The summed E-state index contributed by atoms with van der Waals surface area (Å²) < 4.78 is 0. The summed E-state index contributed by atoms with van der Waals surface area (Å²) in [6.45, 7) is 9.92. The minimum atomic E-state index is 0.155. The molecule has 4 nitrogen and oxygen atoms in total. The van der Waals surface area contributed by atoms with Crippen molar-refractivity contribution in [3.05, 3.63) is 0 Å². The molecule has 0 aromatic carbocycles. The Bertz CT molecular complexity index is 218. The zero-order chi connectivity index (χ0) is 11.4. The molecule has 0 radical (unpaired) electrons. The van der Waals surface area contributed by atoms with Gasteiger partial charge in [-0.25, -0.2) is 4.79 Å². The van der Waals surface area contributed by atoms with Gasteiger partial charge in [0, 0.05) is 32.7 Å². The highest BCUT2D eigenvalue weighted by Crippen LogP contribution is 2.10. The van der Waals surface area contributed by atoms with E-state index >= 15 is 0 Å². The maximum atomic E-state index is 11.9. The Morgan fingerprint density at radius 2 is 2.07 bits per heavy atom. The van der Waals surface area contributed by atoms with E-state index in [0.29, 0.717) is 6.04 Å². The predicted octanol–water partition coefficient (Wildman–Crippen LogP) is 1.43. The fourth-order valence-electron chi connectivity index (χ4n) is 1.78. The highest BCUT2D eigenvalue weighted by molar-refractivity contribution is 5.74. The smallest absolute Gasteiger partial charge is 0.320 e. The molecule has 1 rings (SSSR count). The summed E-state index contributed by atoms with van der Waals surface area (Å²) >= 11 is 0. The third-order valence-corrected chi connectivity index (χ3v) is 3.03. The molecule has 0 aromatic rings. The lowest BCUT2D eigenvalue weighted by Gasteiger charge is -2.39. The molecule has 0 saturated carbocycles. The first-order chi connectivity index (χ1) is 7.06. The number of rotatable bonds is 2. The van der Waals surface area contributed by atoms with Gasteiger partial charge in [0.05, 0.1) is 6.67 Å². The van der Waals surface area contributed by atoms with Crippen LogP contribution in [0.15, 0.2) is 0 Å². The Balaban J connectivity index is 2.52. The van der Waals surface area contributed by atoms with Crippen molar-refractivity contribution in [2.45, 2.75) is 33.2 Å². The van der Waals surface area contributed by atoms with Crippen molar-refractivity contribution in [2.24, 2.45) is 0 Å². The van der Waals surface area contributed by atoms with Crippen LogP contribution >= 0.6 is 0 Å². The van der Waals surface area contributed by atoms with Crippen LogP contribution in [0, 0.1) is 0 Å². The predicted molar refractivity (Wildman–Crippen MR) is 61.7 cm³/mol. The van der Waals surface area contributed by atoms with E-state index in [4.69, 9.17) is 0 Å². The molecule has 0 unspecified atom stereocenters. The molecule has 0 aromatic heterocycles. The van der Waals surface area contributed by atoms with Gasteiger partial charge in [-0.15, -0.1) is 0 Å². The van der Waals surface area contributed by atoms with Gasteiger partial charge in [0.25, 0.3) is 0 Å². The van der Waals surface area contributed by atoms with E-state index in [1.54, 1.807) is 4.90 Å². The summed E-state index contributed by atoms with van der Waals surface area (Å²) in [5, 5.41) is 0. The molecule has 88 valence electrons. The molecule has 15 heavy (non-hydrogen) atoms. The van der Waals surface area contributed by atoms with Gasteiger partial charge < -0.3 is 9.80 Å². The molecule has 1 aliphatic rings. The van der Waals surface area contributed by atoms with E-state index in [9.17, 15) is 4.79 Å². The topological polar surface area (TPSA) is 26.8 Å². The summed E-state index contributed by atoms with van der Waals surface area (Å²) in [7, 11) is 1.86. The number of hydrogen-bond donors (Lipinski definition) is 0. The van der Waals surface area contributed by atoms with Gasteiger partial charge in [-0.3, -0.25) is 4.90 Å². The van der Waals surface area contributed by atoms with Crippen LogP contribution in [0.1, 0.15) is 27.2 Å². The Morgan fingerprint density at radius 3 is 2.60 bits per heavy atom. The van der Waals surface area contributed by atoms with E-state index in [0.717, 1.165) is 32.7 Å². The van der Waals surface area contributed by atoms with Crippen LogP contribution in [0.5, 0.6) is 0 Å². The maximum Gasteiger partial charge on any atom is 0.320 e. The summed E-state index contributed by atoms with van der Waals surface area (Å²) in [4.78, 5) is 18.0. The lowest BCUT2D eigenvalue weighted by Crippen LogP contribution is -2.52. The third-order valence-electron chi connectivity index (χ3n) is 3.03. The molecule has 0 spiro atoms. The number of carbonyl (C=O) groups is 1. The summed E-state index contributed by atoms with van der Waals surface area (Å²) in [6.07, 6.45) is 1.08. The first kappa shape index (κ1) is 12.3. The quantitative estimate of drug-likeness (QED) is 0.694. The van der Waals surface area contributed by atoms with Crippen molar-refractivity contribution in [1.82, 2.24) is 14.7 Å². The van der Waals surface area contributed by atoms with E-state index in [2.05, 4.69) is 18.7 Å². The number of carbonyl (C=O) groups excluding carboxylic acids is 1. The normalized spacial score (nSPS) is 18.3. The summed E-state index contributed by atoms with van der Waals surface area (Å²) in [5.74, 6) is 0. The zero-order valence-corrected chi connectivity index (χ0v) is 10.4. The first-order valence-electron chi connectivity index (χ1n) is 5.80. The van der Waals surface area contributed by atoms with Gasteiger partial charge in [0.1, 0.15) is 0 Å². The SMILES string of the molecule is CCN(C)C(=O)N1CCCN(C(C)C)C1. The van der Waals surface area contributed by atoms with Crippen molar-refractivity contribution in [3.63, 3.8) is 0 Å². The van der Waals surface area contributed by atoms with Crippen molar-refractivity contribution in [3.8, 4) is 0 Å². The number of urea groups is 1. The van der Waals surface area contributed by atoms with Gasteiger partial charge in [-0.1, -0.05) is 0 Å². The van der Waals surface area contributed by atoms with Gasteiger partial charge in [0.2, 0.25) is 0 Å². The largest absolute Gasteiger partial charge is 0.328 e. The molecule has 1 fully saturated rings. The molecule has 1 aliphatic heterocycles. The van der Waals surface area contributed by atoms with Crippen molar-refractivity contribution in [2.75, 3.05) is 33.4 Å². The number of nitrogens with zero attached hydrogens (tertiary/aromatic N) is 3. The van der Waals surface area contributed by atoms with Crippen molar-refractivity contribution in [1.29, 1.82) is 0 Å². The number of hydrogen-bond acceptors (Lipinski definition) is 2. The maximum absolute atomic E-state index is 11.9. The van der Waals surface area contributed by atoms with Gasteiger partial charge in [-0.2, -0.15) is 0 Å². The first-order valence-corrected chi connectivity index (χ1v) is 5.80. The van der Waals surface area contributed by atoms with Crippen LogP contribution in [0.2, 0.25) is 0 Å². The second-order valence-corrected chi connectivity index (χ2v) is 4.46. The fraction of sp³-hybridized carbons (Fsp3) is 0.909. The zero-order valence-electron chi connectivity index (χ0n) is 10.4. The van der Waals surface area contributed by atoms with E-state index in [1.165, 1.54) is 0 Å². The van der Waals surface area contributed by atoms with Crippen LogP contribution < -0.4 is 0 Å². The van der Waals surface area contributed by atoms with Crippen molar-refractivity contribution >= 4 is 6.03 Å². The minimum Gasteiger partial charge on any atom is -0.328 e. The highest BCUT2D eigenvalue weighted by atomic mass is 16.2. The van der Waals surface area contributed by atoms with Crippen LogP contribution in [-0.4, -0.2) is 60.1 Å². The highest BCUT2D eigenvalue weighted by Gasteiger charge is 2.24. The molecule has 0 aliphatic carbocycles. The molecule has 1 heterocycles. The Labute approximate surface area is 92.8 Å².